The van der Waals surface area contributed by atoms with Crippen molar-refractivity contribution in [3.05, 3.63) is 71.9 Å². The van der Waals surface area contributed by atoms with Crippen LogP contribution >= 0.6 is 11.3 Å². The molecule has 1 saturated heterocycles. The molecule has 1 aliphatic heterocycles. The summed E-state index contributed by atoms with van der Waals surface area (Å²) in [4.78, 5) is 17.3. The Labute approximate surface area is 209 Å². The number of piperidine rings is 1. The largest absolute Gasteiger partial charge is 0.365 e. The summed E-state index contributed by atoms with van der Waals surface area (Å²) in [6, 6.07) is 19.9. The van der Waals surface area contributed by atoms with Crippen molar-refractivity contribution in [3.8, 4) is 11.4 Å². The topological polar surface area (TPSA) is 58.9 Å². The van der Waals surface area contributed by atoms with Crippen LogP contribution in [0.3, 0.4) is 0 Å². The number of rotatable bonds is 6. The monoisotopic (exact) mass is 482 g/mol. The first-order valence-electron chi connectivity index (χ1n) is 12.4. The molecule has 0 radical (unpaired) electrons. The SMILES string of the molecule is CC(C)n1cnc2c(NC3CCN(Cc4ccccc4)CC3)nc(-c3csc4ccccc34)nc21. The molecule has 0 atom stereocenters. The minimum absolute atomic E-state index is 0.274. The Morgan fingerprint density at radius 1 is 1.00 bits per heavy atom. The number of thiophene rings is 1. The quantitative estimate of drug-likeness (QED) is 0.305. The number of anilines is 1. The Bertz CT molecular complexity index is 1450. The fourth-order valence-corrected chi connectivity index (χ4v) is 5.88. The van der Waals surface area contributed by atoms with E-state index in [2.05, 4.69) is 88.6 Å². The van der Waals surface area contributed by atoms with Crippen molar-refractivity contribution in [2.24, 2.45) is 0 Å². The maximum absolute atomic E-state index is 5.04. The molecular formula is C28H30N6S. The highest BCUT2D eigenvalue weighted by Crippen LogP contribution is 2.34. The average molecular weight is 483 g/mol. The highest BCUT2D eigenvalue weighted by molar-refractivity contribution is 7.17. The highest BCUT2D eigenvalue weighted by Gasteiger charge is 2.23. The smallest absolute Gasteiger partial charge is 0.166 e. The zero-order chi connectivity index (χ0) is 23.8. The second kappa shape index (κ2) is 9.40. The highest BCUT2D eigenvalue weighted by atomic mass is 32.1. The van der Waals surface area contributed by atoms with Gasteiger partial charge in [-0.15, -0.1) is 11.3 Å². The van der Waals surface area contributed by atoms with Crippen LogP contribution in [0.5, 0.6) is 0 Å². The summed E-state index contributed by atoms with van der Waals surface area (Å²) in [5.41, 5.74) is 4.21. The van der Waals surface area contributed by atoms with E-state index in [1.165, 1.54) is 15.6 Å². The van der Waals surface area contributed by atoms with Gasteiger partial charge in [0.25, 0.3) is 0 Å². The van der Waals surface area contributed by atoms with E-state index in [9.17, 15) is 0 Å². The van der Waals surface area contributed by atoms with Gasteiger partial charge < -0.3 is 9.88 Å². The van der Waals surface area contributed by atoms with Gasteiger partial charge in [0.05, 0.1) is 6.33 Å². The van der Waals surface area contributed by atoms with E-state index in [-0.39, 0.29) is 6.04 Å². The third kappa shape index (κ3) is 4.42. The maximum Gasteiger partial charge on any atom is 0.166 e. The van der Waals surface area contributed by atoms with Gasteiger partial charge in [-0.05, 0) is 38.3 Å². The molecule has 178 valence electrons. The van der Waals surface area contributed by atoms with E-state index in [0.717, 1.165) is 60.8 Å². The van der Waals surface area contributed by atoms with Crippen LogP contribution in [0, 0.1) is 0 Å². The molecule has 5 aromatic rings. The number of hydrogen-bond donors (Lipinski definition) is 1. The molecule has 2 aromatic carbocycles. The van der Waals surface area contributed by atoms with Gasteiger partial charge in [0.1, 0.15) is 5.52 Å². The first-order valence-corrected chi connectivity index (χ1v) is 13.3. The van der Waals surface area contributed by atoms with Crippen molar-refractivity contribution < 1.29 is 0 Å². The fraction of sp³-hybridized carbons (Fsp3) is 0.321. The molecule has 4 heterocycles. The lowest BCUT2D eigenvalue weighted by Gasteiger charge is -2.32. The molecule has 6 nitrogen and oxygen atoms in total. The predicted molar refractivity (Wildman–Crippen MR) is 145 cm³/mol. The van der Waals surface area contributed by atoms with Crippen molar-refractivity contribution in [1.29, 1.82) is 0 Å². The second-order valence-corrected chi connectivity index (χ2v) is 10.6. The van der Waals surface area contributed by atoms with E-state index in [1.807, 2.05) is 6.33 Å². The first-order chi connectivity index (χ1) is 17.2. The van der Waals surface area contributed by atoms with Crippen LogP contribution in [-0.4, -0.2) is 43.6 Å². The molecule has 0 amide bonds. The zero-order valence-electron chi connectivity index (χ0n) is 20.2. The number of imidazole rings is 1. The van der Waals surface area contributed by atoms with E-state index in [4.69, 9.17) is 15.0 Å². The molecule has 35 heavy (non-hydrogen) atoms. The second-order valence-electron chi connectivity index (χ2n) is 9.64. The number of nitrogens with one attached hydrogen (secondary N) is 1. The van der Waals surface area contributed by atoms with Crippen LogP contribution in [0.2, 0.25) is 0 Å². The first kappa shape index (κ1) is 22.2. The van der Waals surface area contributed by atoms with Gasteiger partial charge in [-0.2, -0.15) is 0 Å². The molecule has 1 aliphatic rings. The number of fused-ring (bicyclic) bond motifs is 2. The summed E-state index contributed by atoms with van der Waals surface area (Å²) in [7, 11) is 0. The third-order valence-electron chi connectivity index (χ3n) is 6.88. The normalized spacial score (nSPS) is 15.4. The van der Waals surface area contributed by atoms with Crippen molar-refractivity contribution in [2.75, 3.05) is 18.4 Å². The Morgan fingerprint density at radius 2 is 1.77 bits per heavy atom. The summed E-state index contributed by atoms with van der Waals surface area (Å²) in [5, 5.41) is 7.14. The summed E-state index contributed by atoms with van der Waals surface area (Å²) < 4.78 is 3.40. The molecule has 7 heteroatoms. The lowest BCUT2D eigenvalue weighted by molar-refractivity contribution is 0.211. The van der Waals surface area contributed by atoms with Crippen LogP contribution < -0.4 is 5.32 Å². The molecule has 0 aliphatic carbocycles. The Hall–Kier alpha value is -3.29. The summed E-state index contributed by atoms with van der Waals surface area (Å²) >= 11 is 1.74. The van der Waals surface area contributed by atoms with Gasteiger partial charge in [-0.25, -0.2) is 15.0 Å². The van der Waals surface area contributed by atoms with Crippen molar-refractivity contribution in [1.82, 2.24) is 24.4 Å². The minimum atomic E-state index is 0.274. The van der Waals surface area contributed by atoms with Gasteiger partial charge in [0.2, 0.25) is 0 Å². The molecule has 0 saturated carbocycles. The molecule has 1 fully saturated rings. The van der Waals surface area contributed by atoms with E-state index in [1.54, 1.807) is 11.3 Å². The van der Waals surface area contributed by atoms with Crippen molar-refractivity contribution >= 4 is 38.4 Å². The maximum atomic E-state index is 5.04. The number of likely N-dealkylation sites (tertiary alicyclic amines) is 1. The molecule has 1 N–H and O–H groups in total. The molecule has 3 aromatic heterocycles. The van der Waals surface area contributed by atoms with Gasteiger partial charge >= 0.3 is 0 Å². The summed E-state index contributed by atoms with van der Waals surface area (Å²) in [6.45, 7) is 7.49. The fourth-order valence-electron chi connectivity index (χ4n) is 4.94. The molecule has 6 rings (SSSR count). The predicted octanol–water partition coefficient (Wildman–Crippen LogP) is 6.37. The van der Waals surface area contributed by atoms with E-state index < -0.39 is 0 Å². The van der Waals surface area contributed by atoms with Crippen LogP contribution in [0.1, 0.15) is 38.3 Å². The van der Waals surface area contributed by atoms with Crippen molar-refractivity contribution in [3.63, 3.8) is 0 Å². The van der Waals surface area contributed by atoms with Gasteiger partial charge in [0, 0.05) is 52.7 Å². The standard InChI is InChI=1S/C28H30N6S/c1-19(2)34-18-29-25-27(30-21-12-14-33(15-13-21)16-20-8-4-3-5-9-20)31-26(32-28(25)34)23-17-35-24-11-7-6-10-22(23)24/h3-11,17-19,21H,12-16H2,1-2H3,(H,30,31,32). The van der Waals surface area contributed by atoms with E-state index >= 15 is 0 Å². The van der Waals surface area contributed by atoms with Crippen molar-refractivity contribution in [2.45, 2.75) is 45.3 Å². The summed E-state index contributed by atoms with van der Waals surface area (Å²) in [6.07, 6.45) is 4.06. The number of aromatic nitrogens is 4. The van der Waals surface area contributed by atoms with Crippen LogP contribution in [-0.2, 0) is 6.54 Å². The molecular weight excluding hydrogens is 452 g/mol. The Kier molecular flexibility index (Phi) is 5.96. The Balaban J connectivity index is 1.29. The number of benzene rings is 2. The molecule has 0 unspecified atom stereocenters. The lowest BCUT2D eigenvalue weighted by Crippen LogP contribution is -2.38. The Morgan fingerprint density at radius 3 is 2.57 bits per heavy atom. The van der Waals surface area contributed by atoms with Gasteiger partial charge in [-0.1, -0.05) is 48.5 Å². The number of nitrogens with zero attached hydrogens (tertiary/aromatic N) is 5. The minimum Gasteiger partial charge on any atom is -0.365 e. The van der Waals surface area contributed by atoms with Crippen LogP contribution in [0.15, 0.2) is 66.3 Å². The van der Waals surface area contributed by atoms with Crippen LogP contribution in [0.25, 0.3) is 32.6 Å². The average Bonchev–Trinajstić information content (AvgIpc) is 3.51. The van der Waals surface area contributed by atoms with Crippen LogP contribution in [0.4, 0.5) is 5.82 Å². The van der Waals surface area contributed by atoms with E-state index in [0.29, 0.717) is 6.04 Å². The molecule has 0 spiro atoms. The molecule has 0 bridgehead atoms. The summed E-state index contributed by atoms with van der Waals surface area (Å²) in [5.74, 6) is 1.61. The lowest BCUT2D eigenvalue weighted by atomic mass is 10.0. The third-order valence-corrected chi connectivity index (χ3v) is 7.84. The zero-order valence-corrected chi connectivity index (χ0v) is 21.0. The van der Waals surface area contributed by atoms with Gasteiger partial charge in [-0.3, -0.25) is 4.90 Å². The number of hydrogen-bond acceptors (Lipinski definition) is 6. The van der Waals surface area contributed by atoms with Gasteiger partial charge in [0.15, 0.2) is 17.3 Å².